The molecule has 0 spiro atoms. The first-order valence-corrected chi connectivity index (χ1v) is 14.0. The molecule has 0 bridgehead atoms. The molecule has 4 nitrogen and oxygen atoms in total. The van der Waals surface area contributed by atoms with Crippen molar-refractivity contribution < 1.29 is 18.0 Å². The van der Waals surface area contributed by atoms with Crippen molar-refractivity contribution in [3.05, 3.63) is 87.5 Å². The molecule has 1 fully saturated rings. The van der Waals surface area contributed by atoms with Crippen molar-refractivity contribution >= 4 is 18.2 Å². The van der Waals surface area contributed by atoms with Crippen LogP contribution in [0.1, 0.15) is 90.5 Å². The summed E-state index contributed by atoms with van der Waals surface area (Å²) in [6.45, 7) is 5.01. The lowest BCUT2D eigenvalue weighted by atomic mass is 9.78. The van der Waals surface area contributed by atoms with Gasteiger partial charge in [0.2, 0.25) is 0 Å². The number of rotatable bonds is 10. The molecule has 2 N–H and O–H groups in total. The van der Waals surface area contributed by atoms with Crippen LogP contribution in [0, 0.1) is 5.41 Å². The Morgan fingerprint density at radius 1 is 1.18 bits per heavy atom. The summed E-state index contributed by atoms with van der Waals surface area (Å²) in [7, 11) is 1.76. The fraction of sp³-hybridized carbons (Fsp3) is 0.455. The average Bonchev–Trinajstić information content (AvgIpc) is 3.66. The minimum atomic E-state index is -3.08. The quantitative estimate of drug-likeness (QED) is 0.185. The minimum Gasteiger partial charge on any atom is -0.353 e. The average molecular weight is 550 g/mol. The monoisotopic (exact) mass is 549 g/mol. The first kappa shape index (κ1) is 28.3. The topological polar surface area (TPSA) is 56.2 Å². The maximum absolute atomic E-state index is 14.9. The number of carbonyl (C=O) groups is 1. The number of carbonyl (C=O) groups excluding carboxylic acids is 1. The number of benzene rings is 2. The number of ketones is 1. The van der Waals surface area contributed by atoms with Crippen molar-refractivity contribution in [2.75, 3.05) is 7.05 Å². The Labute approximate surface area is 234 Å². The highest BCUT2D eigenvalue weighted by atomic mass is 19.3. The number of hydrogen-bond acceptors (Lipinski definition) is 3. The Balaban J connectivity index is 1.45. The Morgan fingerprint density at radius 2 is 1.90 bits per heavy atom. The van der Waals surface area contributed by atoms with E-state index in [4.69, 9.17) is 5.41 Å². The van der Waals surface area contributed by atoms with Crippen molar-refractivity contribution in [1.29, 1.82) is 5.41 Å². The molecule has 2 aromatic carbocycles. The van der Waals surface area contributed by atoms with Crippen LogP contribution in [0.2, 0.25) is 0 Å². The predicted molar refractivity (Wildman–Crippen MR) is 154 cm³/mol. The lowest BCUT2D eigenvalue weighted by Crippen LogP contribution is -2.47. The van der Waals surface area contributed by atoms with Gasteiger partial charge in [0.1, 0.15) is 6.17 Å². The van der Waals surface area contributed by atoms with Gasteiger partial charge in [0, 0.05) is 49.5 Å². The van der Waals surface area contributed by atoms with E-state index in [2.05, 4.69) is 12.2 Å². The zero-order valence-electron chi connectivity index (χ0n) is 23.7. The van der Waals surface area contributed by atoms with Gasteiger partial charge in [0.05, 0.1) is 11.9 Å². The van der Waals surface area contributed by atoms with Crippen LogP contribution in [0.15, 0.2) is 54.1 Å². The highest BCUT2D eigenvalue weighted by Crippen LogP contribution is 2.46. The number of nitrogens with one attached hydrogen (secondary N) is 2. The van der Waals surface area contributed by atoms with E-state index in [-0.39, 0.29) is 29.7 Å². The molecule has 0 amide bonds. The number of likely N-dealkylation sites (N-methyl/N-ethyl adjacent to an activating group) is 1. The summed E-state index contributed by atoms with van der Waals surface area (Å²) in [4.78, 5) is 15.0. The van der Waals surface area contributed by atoms with E-state index in [1.807, 2.05) is 42.5 Å². The third-order valence-electron chi connectivity index (χ3n) is 8.96. The Kier molecular flexibility index (Phi) is 7.32. The largest absolute Gasteiger partial charge is 0.353 e. The van der Waals surface area contributed by atoms with E-state index < -0.39 is 23.6 Å². The van der Waals surface area contributed by atoms with Crippen LogP contribution in [0.5, 0.6) is 0 Å². The number of hydrogen-bond donors (Lipinski definition) is 2. The van der Waals surface area contributed by atoms with E-state index in [0.717, 1.165) is 42.9 Å². The first-order valence-electron chi connectivity index (χ1n) is 14.0. The zero-order chi connectivity index (χ0) is 28.9. The lowest BCUT2D eigenvalue weighted by molar-refractivity contribution is 0.0164. The Hall–Kier alpha value is -3.19. The summed E-state index contributed by atoms with van der Waals surface area (Å²) in [5.74, 6) is -3.75. The van der Waals surface area contributed by atoms with E-state index >= 15 is 0 Å². The van der Waals surface area contributed by atoms with Crippen LogP contribution >= 0.6 is 0 Å². The van der Waals surface area contributed by atoms with Gasteiger partial charge in [-0.2, -0.15) is 0 Å². The van der Waals surface area contributed by atoms with Crippen LogP contribution in [-0.2, 0) is 18.9 Å². The van der Waals surface area contributed by atoms with Gasteiger partial charge in [-0.25, -0.2) is 13.2 Å². The summed E-state index contributed by atoms with van der Waals surface area (Å²) in [5, 5.41) is 11.2. The van der Waals surface area contributed by atoms with E-state index in [0.29, 0.717) is 23.2 Å². The molecular formula is C33H38F3N3O. The molecule has 0 radical (unpaired) electrons. The Morgan fingerprint density at radius 3 is 2.48 bits per heavy atom. The number of alkyl halides is 3. The number of Topliss-reactive ketones (excluding diaryl/α,β-unsaturated/α-hetero) is 1. The number of allylic oxidation sites excluding steroid dienone is 1. The summed E-state index contributed by atoms with van der Waals surface area (Å²) < 4.78 is 44.7. The van der Waals surface area contributed by atoms with Gasteiger partial charge in [-0.05, 0) is 73.9 Å². The molecule has 2 unspecified atom stereocenters. The Bertz CT molecular complexity index is 1380. The second kappa shape index (κ2) is 10.3. The molecule has 212 valence electrons. The fourth-order valence-corrected chi connectivity index (χ4v) is 6.39. The van der Waals surface area contributed by atoms with Crippen LogP contribution < -0.4 is 5.32 Å². The molecule has 3 aliphatic rings. The zero-order valence-corrected chi connectivity index (χ0v) is 23.7. The van der Waals surface area contributed by atoms with Gasteiger partial charge in [0.25, 0.3) is 5.92 Å². The first-order chi connectivity index (χ1) is 18.8. The number of halogens is 3. The molecule has 2 atom stereocenters. The summed E-state index contributed by atoms with van der Waals surface area (Å²) in [5.41, 5.74) is 3.11. The second-order valence-corrected chi connectivity index (χ2v) is 12.2. The van der Waals surface area contributed by atoms with Crippen molar-refractivity contribution in [1.82, 2.24) is 10.2 Å². The fourth-order valence-electron chi connectivity index (χ4n) is 6.39. The molecule has 2 aromatic rings. The second-order valence-electron chi connectivity index (χ2n) is 12.2. The molecule has 40 heavy (non-hydrogen) atoms. The van der Waals surface area contributed by atoms with Gasteiger partial charge in [-0.15, -0.1) is 0 Å². The minimum absolute atomic E-state index is 0.0301. The highest BCUT2D eigenvalue weighted by molar-refractivity contribution is 6.01. The summed E-state index contributed by atoms with van der Waals surface area (Å²) in [6, 6.07) is 10.9. The van der Waals surface area contributed by atoms with Crippen molar-refractivity contribution in [2.45, 2.75) is 88.5 Å². The van der Waals surface area contributed by atoms with Gasteiger partial charge < -0.3 is 10.2 Å². The van der Waals surface area contributed by atoms with E-state index in [1.165, 1.54) is 13.3 Å². The SMILES string of the molecule is CC(F)C(c1cccc(C=C2CC(=O)c3cc(CNC4(C)CCC4)cc(C(C)(F)F)c3C2)c1)C1(N(C)C=N)C=C1. The third kappa shape index (κ3) is 5.40. The van der Waals surface area contributed by atoms with Crippen LogP contribution in [-0.4, -0.2) is 41.3 Å². The molecular weight excluding hydrogens is 511 g/mol. The maximum atomic E-state index is 14.9. The normalized spacial score (nSPS) is 21.4. The maximum Gasteiger partial charge on any atom is 0.270 e. The smallest absolute Gasteiger partial charge is 0.270 e. The predicted octanol–water partition coefficient (Wildman–Crippen LogP) is 7.33. The molecule has 1 saturated carbocycles. The van der Waals surface area contributed by atoms with Crippen LogP contribution in [0.25, 0.3) is 6.08 Å². The van der Waals surface area contributed by atoms with Crippen LogP contribution in [0.4, 0.5) is 13.2 Å². The van der Waals surface area contributed by atoms with Crippen LogP contribution in [0.3, 0.4) is 0 Å². The van der Waals surface area contributed by atoms with E-state index in [9.17, 15) is 18.0 Å². The molecule has 7 heteroatoms. The summed E-state index contributed by atoms with van der Waals surface area (Å²) in [6.07, 6.45) is 9.42. The number of nitrogens with zero attached hydrogens (tertiary/aromatic N) is 1. The van der Waals surface area contributed by atoms with Gasteiger partial charge >= 0.3 is 0 Å². The lowest BCUT2D eigenvalue weighted by Gasteiger charge is -2.39. The summed E-state index contributed by atoms with van der Waals surface area (Å²) >= 11 is 0. The molecule has 0 heterocycles. The molecule has 3 aliphatic carbocycles. The van der Waals surface area contributed by atoms with Crippen molar-refractivity contribution in [2.24, 2.45) is 0 Å². The standard InChI is InChI=1S/C33H38F3N3O/c1-21(34)30(33(11-12-33)39(4)20-37)25-8-5-7-22(14-25)13-23-15-26-27(29(40)18-23)16-24(17-28(26)32(3,35)36)19-38-31(2)9-6-10-31/h5,7-8,11-14,16-17,20-21,30,37-38H,6,9-10,15,18-19H2,1-4H3. The highest BCUT2D eigenvalue weighted by Gasteiger charge is 2.48. The van der Waals surface area contributed by atoms with E-state index in [1.54, 1.807) is 24.1 Å². The van der Waals surface area contributed by atoms with Gasteiger partial charge in [-0.1, -0.05) is 48.1 Å². The van der Waals surface area contributed by atoms with Gasteiger partial charge in [0.15, 0.2) is 5.78 Å². The third-order valence-corrected chi connectivity index (χ3v) is 8.96. The van der Waals surface area contributed by atoms with Crippen molar-refractivity contribution in [3.63, 3.8) is 0 Å². The molecule has 0 saturated heterocycles. The molecule has 0 aromatic heterocycles. The van der Waals surface area contributed by atoms with Crippen molar-refractivity contribution in [3.8, 4) is 0 Å². The number of fused-ring (bicyclic) bond motifs is 1. The molecule has 0 aliphatic heterocycles. The van der Waals surface area contributed by atoms with Gasteiger partial charge in [-0.3, -0.25) is 10.2 Å². The molecule has 5 rings (SSSR count).